The number of carbonyl (C=O) groups excluding carboxylic acids is 1. The van der Waals surface area contributed by atoms with Gasteiger partial charge in [0, 0.05) is 7.05 Å². The molecule has 1 amide bonds. The smallest absolute Gasteiger partial charge is 0.257 e. The van der Waals surface area contributed by atoms with Gasteiger partial charge >= 0.3 is 0 Å². The van der Waals surface area contributed by atoms with Crippen LogP contribution in [0, 0.1) is 0 Å². The first-order valence-electron chi connectivity index (χ1n) is 6.16. The Morgan fingerprint density at radius 3 is 2.60 bits per heavy atom. The summed E-state index contributed by atoms with van der Waals surface area (Å²) in [4.78, 5) is 14.0. The van der Waals surface area contributed by atoms with Crippen LogP contribution in [0.2, 0.25) is 0 Å². The Labute approximate surface area is 117 Å². The zero-order valence-electron chi connectivity index (χ0n) is 11.8. The molecule has 0 bridgehead atoms. The second-order valence-corrected chi connectivity index (χ2v) is 4.28. The standard InChI is InChI=1S/C15H17NO4/c1-16(10-11-6-5-9-20-11)15(17)12-7-4-8-13(18-2)14(12)19-3/h4-9H,10H2,1-3H3. The first-order chi connectivity index (χ1) is 9.67. The molecule has 1 aromatic carbocycles. The summed E-state index contributed by atoms with van der Waals surface area (Å²) in [6.07, 6.45) is 1.58. The third kappa shape index (κ3) is 2.77. The number of para-hydroxylation sites is 1. The number of rotatable bonds is 5. The minimum Gasteiger partial charge on any atom is -0.493 e. The van der Waals surface area contributed by atoms with Crippen LogP contribution in [0.4, 0.5) is 0 Å². The maximum absolute atomic E-state index is 12.5. The van der Waals surface area contributed by atoms with Crippen molar-refractivity contribution < 1.29 is 18.7 Å². The summed E-state index contributed by atoms with van der Waals surface area (Å²) in [6.45, 7) is 0.395. The number of ether oxygens (including phenoxy) is 2. The average molecular weight is 275 g/mol. The number of hydrogen-bond acceptors (Lipinski definition) is 4. The number of furan rings is 1. The monoisotopic (exact) mass is 275 g/mol. The van der Waals surface area contributed by atoms with E-state index in [1.807, 2.05) is 6.07 Å². The molecule has 5 heteroatoms. The third-order valence-corrected chi connectivity index (χ3v) is 2.95. The molecule has 1 aromatic heterocycles. The summed E-state index contributed by atoms with van der Waals surface area (Å²) < 4.78 is 15.7. The average Bonchev–Trinajstić information content (AvgIpc) is 2.98. The Morgan fingerprint density at radius 1 is 1.20 bits per heavy atom. The topological polar surface area (TPSA) is 51.9 Å². The second-order valence-electron chi connectivity index (χ2n) is 4.28. The van der Waals surface area contributed by atoms with Crippen LogP contribution in [0.15, 0.2) is 41.0 Å². The van der Waals surface area contributed by atoms with Crippen LogP contribution < -0.4 is 9.47 Å². The lowest BCUT2D eigenvalue weighted by Crippen LogP contribution is -2.26. The van der Waals surface area contributed by atoms with Gasteiger partial charge in [0.1, 0.15) is 5.76 Å². The molecule has 0 unspecified atom stereocenters. The van der Waals surface area contributed by atoms with Gasteiger partial charge in [0.25, 0.3) is 5.91 Å². The van der Waals surface area contributed by atoms with E-state index in [1.54, 1.807) is 49.6 Å². The molecule has 1 heterocycles. The van der Waals surface area contributed by atoms with Crippen LogP contribution in [0.1, 0.15) is 16.1 Å². The fourth-order valence-electron chi connectivity index (χ4n) is 1.97. The van der Waals surface area contributed by atoms with Crippen molar-refractivity contribution in [3.63, 3.8) is 0 Å². The van der Waals surface area contributed by atoms with E-state index in [4.69, 9.17) is 13.9 Å². The minimum atomic E-state index is -0.155. The normalized spacial score (nSPS) is 10.2. The maximum Gasteiger partial charge on any atom is 0.257 e. The van der Waals surface area contributed by atoms with Crippen molar-refractivity contribution in [1.82, 2.24) is 4.90 Å². The first-order valence-corrected chi connectivity index (χ1v) is 6.16. The fourth-order valence-corrected chi connectivity index (χ4v) is 1.97. The second kappa shape index (κ2) is 6.14. The highest BCUT2D eigenvalue weighted by molar-refractivity contribution is 5.97. The van der Waals surface area contributed by atoms with Gasteiger partial charge in [0.2, 0.25) is 0 Å². The molecule has 0 radical (unpaired) electrons. The molecule has 0 aliphatic rings. The van der Waals surface area contributed by atoms with E-state index in [1.165, 1.54) is 7.11 Å². The number of nitrogens with zero attached hydrogens (tertiary/aromatic N) is 1. The van der Waals surface area contributed by atoms with Crippen LogP contribution in [-0.2, 0) is 6.54 Å². The van der Waals surface area contributed by atoms with E-state index in [0.29, 0.717) is 23.6 Å². The Bertz CT molecular complexity index is 578. The Hall–Kier alpha value is -2.43. The van der Waals surface area contributed by atoms with E-state index in [-0.39, 0.29) is 5.91 Å². The first kappa shape index (κ1) is 14.0. The predicted octanol–water partition coefficient (Wildman–Crippen LogP) is 2.57. The molecule has 2 rings (SSSR count). The highest BCUT2D eigenvalue weighted by atomic mass is 16.5. The van der Waals surface area contributed by atoms with E-state index >= 15 is 0 Å². The summed E-state index contributed by atoms with van der Waals surface area (Å²) in [5.74, 6) is 1.54. The molecule has 0 fully saturated rings. The SMILES string of the molecule is COc1cccc(C(=O)N(C)Cc2ccco2)c1OC. The quantitative estimate of drug-likeness (QED) is 0.841. The van der Waals surface area contributed by atoms with Crippen LogP contribution >= 0.6 is 0 Å². The van der Waals surface area contributed by atoms with Crippen molar-refractivity contribution in [2.75, 3.05) is 21.3 Å². The van der Waals surface area contributed by atoms with Gasteiger partial charge in [-0.2, -0.15) is 0 Å². The molecule has 106 valence electrons. The number of benzene rings is 1. The Balaban J connectivity index is 2.24. The van der Waals surface area contributed by atoms with Gasteiger partial charge in [-0.25, -0.2) is 0 Å². The highest BCUT2D eigenvalue weighted by Gasteiger charge is 2.20. The Kier molecular flexibility index (Phi) is 4.30. The molecular formula is C15H17NO4. The summed E-state index contributed by atoms with van der Waals surface area (Å²) >= 11 is 0. The van der Waals surface area contributed by atoms with Gasteiger partial charge in [-0.15, -0.1) is 0 Å². The van der Waals surface area contributed by atoms with Crippen molar-refractivity contribution in [3.8, 4) is 11.5 Å². The van der Waals surface area contributed by atoms with Gasteiger partial charge in [-0.1, -0.05) is 6.07 Å². The van der Waals surface area contributed by atoms with Crippen molar-refractivity contribution in [2.24, 2.45) is 0 Å². The molecular weight excluding hydrogens is 258 g/mol. The summed E-state index contributed by atoms with van der Waals surface area (Å²) in [5.41, 5.74) is 0.459. The number of amides is 1. The lowest BCUT2D eigenvalue weighted by atomic mass is 10.1. The molecule has 20 heavy (non-hydrogen) atoms. The van der Waals surface area contributed by atoms with Crippen LogP contribution in [0.3, 0.4) is 0 Å². The van der Waals surface area contributed by atoms with Crippen LogP contribution in [0.5, 0.6) is 11.5 Å². The molecule has 0 spiro atoms. The zero-order chi connectivity index (χ0) is 14.5. The van der Waals surface area contributed by atoms with Crippen molar-refractivity contribution in [3.05, 3.63) is 47.9 Å². The van der Waals surface area contributed by atoms with Gasteiger partial charge in [0.05, 0.1) is 32.6 Å². The van der Waals surface area contributed by atoms with Gasteiger partial charge in [-0.3, -0.25) is 4.79 Å². The van der Waals surface area contributed by atoms with Crippen molar-refractivity contribution >= 4 is 5.91 Å². The number of carbonyl (C=O) groups is 1. The largest absolute Gasteiger partial charge is 0.493 e. The fraction of sp³-hybridized carbons (Fsp3) is 0.267. The summed E-state index contributed by atoms with van der Waals surface area (Å²) in [7, 11) is 4.77. The zero-order valence-corrected chi connectivity index (χ0v) is 11.8. The summed E-state index contributed by atoms with van der Waals surface area (Å²) in [6, 6.07) is 8.84. The third-order valence-electron chi connectivity index (χ3n) is 2.95. The molecule has 2 aromatic rings. The number of hydrogen-bond donors (Lipinski definition) is 0. The summed E-state index contributed by atoms with van der Waals surface area (Å²) in [5, 5.41) is 0. The van der Waals surface area contributed by atoms with Crippen molar-refractivity contribution in [2.45, 2.75) is 6.54 Å². The van der Waals surface area contributed by atoms with Gasteiger partial charge in [-0.05, 0) is 24.3 Å². The highest BCUT2D eigenvalue weighted by Crippen LogP contribution is 2.31. The van der Waals surface area contributed by atoms with Crippen LogP contribution in [-0.4, -0.2) is 32.1 Å². The predicted molar refractivity (Wildman–Crippen MR) is 74.1 cm³/mol. The van der Waals surface area contributed by atoms with Crippen molar-refractivity contribution in [1.29, 1.82) is 0 Å². The van der Waals surface area contributed by atoms with E-state index in [0.717, 1.165) is 5.76 Å². The number of methoxy groups -OCH3 is 2. The molecule has 0 aliphatic heterocycles. The lowest BCUT2D eigenvalue weighted by Gasteiger charge is -2.18. The molecule has 0 saturated heterocycles. The lowest BCUT2D eigenvalue weighted by molar-refractivity contribution is 0.0771. The molecule has 0 aliphatic carbocycles. The van der Waals surface area contributed by atoms with Gasteiger partial charge < -0.3 is 18.8 Å². The molecule has 0 saturated carbocycles. The molecule has 5 nitrogen and oxygen atoms in total. The Morgan fingerprint density at radius 2 is 2.00 bits per heavy atom. The maximum atomic E-state index is 12.5. The molecule has 0 N–H and O–H groups in total. The van der Waals surface area contributed by atoms with E-state index in [2.05, 4.69) is 0 Å². The van der Waals surface area contributed by atoms with Crippen LogP contribution in [0.25, 0.3) is 0 Å². The van der Waals surface area contributed by atoms with Gasteiger partial charge in [0.15, 0.2) is 11.5 Å². The van der Waals surface area contributed by atoms with E-state index < -0.39 is 0 Å². The molecule has 0 atom stereocenters. The van der Waals surface area contributed by atoms with E-state index in [9.17, 15) is 4.79 Å². The minimum absolute atomic E-state index is 0.155.